The fourth-order valence-electron chi connectivity index (χ4n) is 2.68. The molecule has 0 unspecified atom stereocenters. The zero-order valence-corrected chi connectivity index (χ0v) is 13.4. The maximum atomic E-state index is 12.0. The van der Waals surface area contributed by atoms with E-state index < -0.39 is 0 Å². The maximum absolute atomic E-state index is 12.0. The van der Waals surface area contributed by atoms with Crippen LogP contribution in [0.2, 0.25) is 0 Å². The van der Waals surface area contributed by atoms with Crippen LogP contribution in [0.15, 0.2) is 66.4 Å². The number of carbonyl (C=O) groups excluding carboxylic acids is 1. The molecule has 0 fully saturated rings. The smallest absolute Gasteiger partial charge is 0.273 e. The zero-order valence-electron chi connectivity index (χ0n) is 13.4. The molecule has 3 rings (SSSR count). The first-order chi connectivity index (χ1) is 11.7. The predicted molar refractivity (Wildman–Crippen MR) is 93.1 cm³/mol. The summed E-state index contributed by atoms with van der Waals surface area (Å²) in [6, 6.07) is 16.9. The molecule has 24 heavy (non-hydrogen) atoms. The summed E-state index contributed by atoms with van der Waals surface area (Å²) in [6.45, 7) is 2.69. The normalized spacial score (nSPS) is 14.8. The monoisotopic (exact) mass is 323 g/mol. The van der Waals surface area contributed by atoms with E-state index in [4.69, 9.17) is 0 Å². The molecule has 0 saturated heterocycles. The number of rotatable bonds is 5. The molecule has 0 aliphatic carbocycles. The van der Waals surface area contributed by atoms with Gasteiger partial charge in [0.2, 0.25) is 0 Å². The standard InChI is InChI=1S/C19H21N3O2/c23-18-9-5-4-8-17(18)19(24)21-20-16-10-12-22(13-11-16)14-15-6-2-1-3-7-15/h1-10,20,23H,11-14H2,(H,21,24). The SMILES string of the molecule is O=C(NNC1=CCN(Cc2ccccc2)CC1)c1ccccc1O. The van der Waals surface area contributed by atoms with Gasteiger partial charge in [-0.15, -0.1) is 0 Å². The number of amides is 1. The maximum Gasteiger partial charge on any atom is 0.273 e. The van der Waals surface area contributed by atoms with E-state index in [1.165, 1.54) is 11.6 Å². The van der Waals surface area contributed by atoms with Crippen molar-refractivity contribution in [3.05, 3.63) is 77.5 Å². The van der Waals surface area contributed by atoms with Crippen molar-refractivity contribution in [3.8, 4) is 5.75 Å². The number of hydrazine groups is 1. The van der Waals surface area contributed by atoms with Crippen LogP contribution in [-0.4, -0.2) is 29.0 Å². The van der Waals surface area contributed by atoms with Crippen molar-refractivity contribution in [2.75, 3.05) is 13.1 Å². The molecule has 3 N–H and O–H groups in total. The molecule has 2 aromatic rings. The van der Waals surface area contributed by atoms with Crippen molar-refractivity contribution in [3.63, 3.8) is 0 Å². The highest BCUT2D eigenvalue weighted by Gasteiger charge is 2.14. The lowest BCUT2D eigenvalue weighted by atomic mass is 10.1. The van der Waals surface area contributed by atoms with Crippen molar-refractivity contribution in [1.29, 1.82) is 0 Å². The summed E-state index contributed by atoms with van der Waals surface area (Å²) in [5, 5.41) is 9.68. The van der Waals surface area contributed by atoms with E-state index in [-0.39, 0.29) is 17.2 Å². The number of nitrogens with one attached hydrogen (secondary N) is 2. The fraction of sp³-hybridized carbons (Fsp3) is 0.211. The van der Waals surface area contributed by atoms with E-state index in [9.17, 15) is 9.90 Å². The summed E-state index contributed by atoms with van der Waals surface area (Å²) < 4.78 is 0. The minimum absolute atomic E-state index is 0.0246. The van der Waals surface area contributed by atoms with Crippen LogP contribution in [0.5, 0.6) is 5.75 Å². The Morgan fingerprint density at radius 2 is 1.83 bits per heavy atom. The molecular weight excluding hydrogens is 302 g/mol. The van der Waals surface area contributed by atoms with Crippen LogP contribution >= 0.6 is 0 Å². The van der Waals surface area contributed by atoms with E-state index >= 15 is 0 Å². The highest BCUT2D eigenvalue weighted by molar-refractivity contribution is 5.96. The molecule has 0 saturated carbocycles. The second-order valence-corrected chi connectivity index (χ2v) is 5.80. The van der Waals surface area contributed by atoms with E-state index in [2.05, 4.69) is 46.1 Å². The van der Waals surface area contributed by atoms with Gasteiger partial charge in [0.25, 0.3) is 5.91 Å². The topological polar surface area (TPSA) is 64.6 Å². The summed E-state index contributed by atoms with van der Waals surface area (Å²) in [5.74, 6) is -0.371. The van der Waals surface area contributed by atoms with Gasteiger partial charge < -0.3 is 10.5 Å². The minimum atomic E-state index is -0.347. The van der Waals surface area contributed by atoms with Gasteiger partial charge in [-0.3, -0.25) is 15.1 Å². The van der Waals surface area contributed by atoms with Crippen molar-refractivity contribution < 1.29 is 9.90 Å². The third-order valence-corrected chi connectivity index (χ3v) is 4.03. The number of hydrogen-bond acceptors (Lipinski definition) is 4. The number of aromatic hydroxyl groups is 1. The lowest BCUT2D eigenvalue weighted by molar-refractivity contribution is 0.0934. The molecule has 1 aliphatic rings. The Morgan fingerprint density at radius 1 is 1.08 bits per heavy atom. The summed E-state index contributed by atoms with van der Waals surface area (Å²) >= 11 is 0. The number of phenols is 1. The van der Waals surface area contributed by atoms with Crippen molar-refractivity contribution in [2.24, 2.45) is 0 Å². The van der Waals surface area contributed by atoms with Crippen molar-refractivity contribution >= 4 is 5.91 Å². The Kier molecular flexibility index (Phi) is 5.13. The van der Waals surface area contributed by atoms with Gasteiger partial charge in [0.15, 0.2) is 0 Å². The van der Waals surface area contributed by atoms with Gasteiger partial charge in [-0.2, -0.15) is 0 Å². The second-order valence-electron chi connectivity index (χ2n) is 5.80. The molecule has 0 radical (unpaired) electrons. The van der Waals surface area contributed by atoms with Crippen LogP contribution in [0.1, 0.15) is 22.3 Å². The summed E-state index contributed by atoms with van der Waals surface area (Å²) in [6.07, 6.45) is 2.92. The third-order valence-electron chi connectivity index (χ3n) is 4.03. The first-order valence-corrected chi connectivity index (χ1v) is 8.02. The van der Waals surface area contributed by atoms with E-state index in [0.29, 0.717) is 0 Å². The molecule has 5 nitrogen and oxygen atoms in total. The van der Waals surface area contributed by atoms with E-state index in [0.717, 1.165) is 31.8 Å². The molecule has 0 bridgehead atoms. The number of phenolic OH excluding ortho intramolecular Hbond substituents is 1. The highest BCUT2D eigenvalue weighted by atomic mass is 16.3. The van der Waals surface area contributed by atoms with Gasteiger partial charge >= 0.3 is 0 Å². The molecule has 1 aliphatic heterocycles. The van der Waals surface area contributed by atoms with Crippen LogP contribution in [0.3, 0.4) is 0 Å². The Hall–Kier alpha value is -2.79. The number of carbonyl (C=O) groups is 1. The number of hydrogen-bond donors (Lipinski definition) is 3. The van der Waals surface area contributed by atoms with Crippen LogP contribution in [0.25, 0.3) is 0 Å². The second kappa shape index (κ2) is 7.66. The van der Waals surface area contributed by atoms with Crippen LogP contribution < -0.4 is 10.9 Å². The Balaban J connectivity index is 1.49. The molecule has 0 aromatic heterocycles. The fourth-order valence-corrected chi connectivity index (χ4v) is 2.68. The van der Waals surface area contributed by atoms with Crippen molar-refractivity contribution in [1.82, 2.24) is 15.8 Å². The molecule has 0 atom stereocenters. The number of nitrogens with zero attached hydrogens (tertiary/aromatic N) is 1. The lowest BCUT2D eigenvalue weighted by Gasteiger charge is -2.26. The van der Waals surface area contributed by atoms with Gasteiger partial charge in [0.1, 0.15) is 5.75 Å². The highest BCUT2D eigenvalue weighted by Crippen LogP contribution is 2.15. The molecule has 2 aromatic carbocycles. The summed E-state index contributed by atoms with van der Waals surface area (Å²) in [4.78, 5) is 14.4. The molecule has 124 valence electrons. The van der Waals surface area contributed by atoms with Crippen LogP contribution in [0, 0.1) is 0 Å². The predicted octanol–water partition coefficient (Wildman–Crippen LogP) is 2.42. The van der Waals surface area contributed by atoms with Gasteiger partial charge in [0, 0.05) is 31.8 Å². The summed E-state index contributed by atoms with van der Waals surface area (Å²) in [7, 11) is 0. The molecule has 0 spiro atoms. The first-order valence-electron chi connectivity index (χ1n) is 8.02. The van der Waals surface area contributed by atoms with E-state index in [1.807, 2.05) is 6.07 Å². The Labute approximate surface area is 141 Å². The van der Waals surface area contributed by atoms with Crippen LogP contribution in [-0.2, 0) is 6.54 Å². The van der Waals surface area contributed by atoms with E-state index in [1.54, 1.807) is 18.2 Å². The summed E-state index contributed by atoms with van der Waals surface area (Å²) in [5.41, 5.74) is 8.14. The van der Waals surface area contributed by atoms with Gasteiger partial charge in [0.05, 0.1) is 5.56 Å². The number of para-hydroxylation sites is 1. The zero-order chi connectivity index (χ0) is 16.8. The lowest BCUT2D eigenvalue weighted by Crippen LogP contribution is -2.40. The van der Waals surface area contributed by atoms with Crippen LogP contribution in [0.4, 0.5) is 0 Å². The molecule has 5 heteroatoms. The Morgan fingerprint density at radius 3 is 2.54 bits per heavy atom. The number of benzene rings is 2. The van der Waals surface area contributed by atoms with Crippen molar-refractivity contribution in [2.45, 2.75) is 13.0 Å². The Bertz CT molecular complexity index is 728. The van der Waals surface area contributed by atoms with Gasteiger partial charge in [-0.25, -0.2) is 0 Å². The average Bonchev–Trinajstić information content (AvgIpc) is 2.62. The molecule has 1 amide bonds. The quantitative estimate of drug-likeness (QED) is 0.740. The third kappa shape index (κ3) is 4.14. The first kappa shape index (κ1) is 16.1. The average molecular weight is 323 g/mol. The van der Waals surface area contributed by atoms with Gasteiger partial charge in [-0.05, 0) is 23.8 Å². The molecular formula is C19H21N3O2. The van der Waals surface area contributed by atoms with Gasteiger partial charge in [-0.1, -0.05) is 42.5 Å². The molecule has 1 heterocycles. The largest absolute Gasteiger partial charge is 0.507 e. The minimum Gasteiger partial charge on any atom is -0.507 e.